The Morgan fingerprint density at radius 2 is 1.69 bits per heavy atom. The van der Waals surface area contributed by atoms with Gasteiger partial charge in [0.2, 0.25) is 11.9 Å². The van der Waals surface area contributed by atoms with Crippen molar-refractivity contribution in [3.8, 4) is 0 Å². The average molecular weight is 545 g/mol. The molecule has 0 saturated carbocycles. The Balaban J connectivity index is 1.98. The molecule has 0 bridgehead atoms. The van der Waals surface area contributed by atoms with Crippen LogP contribution in [0.1, 0.15) is 11.4 Å². The van der Waals surface area contributed by atoms with Crippen molar-refractivity contribution < 1.29 is 30.9 Å². The van der Waals surface area contributed by atoms with Crippen LogP contribution in [0.25, 0.3) is 0 Å². The van der Waals surface area contributed by atoms with Crippen molar-refractivity contribution in [3.63, 3.8) is 0 Å². The summed E-state index contributed by atoms with van der Waals surface area (Å²) in [6.07, 6.45) is -0.180. The monoisotopic (exact) mass is 544 g/mol. The molecule has 17 heteroatoms. The Morgan fingerprint density at radius 3 is 2.34 bits per heavy atom. The van der Waals surface area contributed by atoms with Gasteiger partial charge < -0.3 is 10.6 Å². The fraction of sp³-hybridized carbons (Fsp3) is 0.167. The summed E-state index contributed by atoms with van der Waals surface area (Å²) in [5.74, 6) is -0.887. The molecule has 35 heavy (non-hydrogen) atoms. The van der Waals surface area contributed by atoms with E-state index in [4.69, 9.17) is 16.2 Å². The zero-order valence-corrected chi connectivity index (χ0v) is 19.9. The van der Waals surface area contributed by atoms with Crippen molar-refractivity contribution >= 4 is 55.1 Å². The van der Waals surface area contributed by atoms with Gasteiger partial charge in [0, 0.05) is 24.7 Å². The van der Waals surface area contributed by atoms with Gasteiger partial charge >= 0.3 is 0 Å². The first-order valence-electron chi connectivity index (χ1n) is 9.52. The summed E-state index contributed by atoms with van der Waals surface area (Å²) in [6.45, 7) is -0.268. The molecule has 0 aliphatic rings. The maximum absolute atomic E-state index is 11.7. The van der Waals surface area contributed by atoms with Gasteiger partial charge in [0.25, 0.3) is 25.9 Å². The molecular weight excluding hydrogens is 528 g/mol. The lowest BCUT2D eigenvalue weighted by atomic mass is 10.1. The number of nitro groups is 1. The van der Waals surface area contributed by atoms with Crippen molar-refractivity contribution in [2.45, 2.75) is 11.3 Å². The minimum absolute atomic E-state index is 0.0106. The molecule has 1 aromatic heterocycles. The van der Waals surface area contributed by atoms with Crippen molar-refractivity contribution in [2.75, 3.05) is 22.9 Å². The molecule has 0 spiro atoms. The van der Waals surface area contributed by atoms with Crippen LogP contribution in [0.2, 0.25) is 5.02 Å². The molecule has 1 heterocycles. The van der Waals surface area contributed by atoms with Gasteiger partial charge in [0.1, 0.15) is 10.8 Å². The van der Waals surface area contributed by atoms with Crippen molar-refractivity contribution in [2.24, 2.45) is 0 Å². The van der Waals surface area contributed by atoms with Crippen LogP contribution >= 0.6 is 11.6 Å². The largest absolute Gasteiger partial charge is 0.353 e. The molecule has 3 aromatic rings. The second kappa shape index (κ2) is 10.4. The Hall–Kier alpha value is -3.44. The second-order valence-corrected chi connectivity index (χ2v) is 10.3. The molecule has 0 aliphatic heterocycles. The molecule has 3 rings (SSSR count). The highest BCUT2D eigenvalue weighted by molar-refractivity contribution is 7.86. The number of rotatable bonds is 10. The van der Waals surface area contributed by atoms with E-state index in [0.29, 0.717) is 0 Å². The quantitative estimate of drug-likeness (QED) is 0.164. The number of nitrogens with one attached hydrogen (secondary N) is 2. The second-order valence-electron chi connectivity index (χ2n) is 6.92. The number of hydrogen-bond donors (Lipinski definition) is 4. The third kappa shape index (κ3) is 7.52. The maximum atomic E-state index is 11.7. The summed E-state index contributed by atoms with van der Waals surface area (Å²) in [5, 5.41) is 16.4. The standard InChI is InChI=1S/C18H17ClN6O8S2/c19-13-6-5-12(10-14(13)25(26)27)21-18-23-16(22-17(24-18)20-7-8-34(28,29)30)9-11-3-1-2-4-15(11)35(31,32)33/h1-6,10H,7-9H2,(H,28,29,30)(H,31,32,33)(H2,20,21,22,23,24). The van der Waals surface area contributed by atoms with Gasteiger partial charge in [-0.15, -0.1) is 0 Å². The first-order valence-corrected chi connectivity index (χ1v) is 12.9. The molecule has 0 fully saturated rings. The van der Waals surface area contributed by atoms with Crippen LogP contribution in [0, 0.1) is 10.1 Å². The Morgan fingerprint density at radius 1 is 1.00 bits per heavy atom. The molecule has 2 aromatic carbocycles. The summed E-state index contributed by atoms with van der Waals surface area (Å²) >= 11 is 5.82. The fourth-order valence-corrected chi connectivity index (χ4v) is 4.13. The lowest BCUT2D eigenvalue weighted by Gasteiger charge is -2.11. The molecule has 4 N–H and O–H groups in total. The predicted octanol–water partition coefficient (Wildman–Crippen LogP) is 2.31. The van der Waals surface area contributed by atoms with Crippen LogP contribution in [0.3, 0.4) is 0 Å². The average Bonchev–Trinajstić information content (AvgIpc) is 2.73. The summed E-state index contributed by atoms with van der Waals surface area (Å²) in [6, 6.07) is 9.46. The van der Waals surface area contributed by atoms with Gasteiger partial charge in [0.15, 0.2) is 0 Å². The zero-order chi connectivity index (χ0) is 25.8. The number of nitro benzene ring substituents is 1. The van der Waals surface area contributed by atoms with Gasteiger partial charge in [-0.3, -0.25) is 19.2 Å². The summed E-state index contributed by atoms with van der Waals surface area (Å²) in [5.41, 5.74) is -0.0156. The molecule has 14 nitrogen and oxygen atoms in total. The van der Waals surface area contributed by atoms with E-state index in [9.17, 15) is 31.5 Å². The molecule has 0 amide bonds. The third-order valence-corrected chi connectivity index (χ3v) is 6.32. The minimum atomic E-state index is -4.54. The zero-order valence-electron chi connectivity index (χ0n) is 17.5. The Bertz CT molecular complexity index is 1480. The van der Waals surface area contributed by atoms with E-state index in [1.54, 1.807) is 6.07 Å². The van der Waals surface area contributed by atoms with Crippen molar-refractivity contribution in [1.29, 1.82) is 0 Å². The van der Waals surface area contributed by atoms with Gasteiger partial charge in [-0.25, -0.2) is 0 Å². The fourth-order valence-electron chi connectivity index (χ4n) is 2.86. The molecule has 0 aliphatic carbocycles. The smallest absolute Gasteiger partial charge is 0.294 e. The molecule has 0 unspecified atom stereocenters. The van der Waals surface area contributed by atoms with Crippen LogP contribution in [-0.4, -0.2) is 58.1 Å². The van der Waals surface area contributed by atoms with Crippen molar-refractivity contribution in [1.82, 2.24) is 15.0 Å². The molecule has 0 radical (unpaired) electrons. The number of nitrogens with zero attached hydrogens (tertiary/aromatic N) is 4. The van der Waals surface area contributed by atoms with Crippen LogP contribution in [0.4, 0.5) is 23.3 Å². The van der Waals surface area contributed by atoms with Crippen LogP contribution in [-0.2, 0) is 26.7 Å². The van der Waals surface area contributed by atoms with Crippen LogP contribution < -0.4 is 10.6 Å². The van der Waals surface area contributed by atoms with E-state index in [0.717, 1.165) is 6.07 Å². The summed E-state index contributed by atoms with van der Waals surface area (Å²) < 4.78 is 63.8. The van der Waals surface area contributed by atoms with Gasteiger partial charge in [0.05, 0.1) is 15.6 Å². The molecular formula is C18H17ClN6O8S2. The van der Waals surface area contributed by atoms with Gasteiger partial charge in [-0.2, -0.15) is 31.8 Å². The highest BCUT2D eigenvalue weighted by Gasteiger charge is 2.18. The predicted molar refractivity (Wildman–Crippen MR) is 125 cm³/mol. The highest BCUT2D eigenvalue weighted by Crippen LogP contribution is 2.28. The number of halogens is 1. The molecule has 0 atom stereocenters. The number of benzene rings is 2. The van der Waals surface area contributed by atoms with E-state index < -0.39 is 30.9 Å². The normalized spacial score (nSPS) is 11.7. The first kappa shape index (κ1) is 26.2. The number of anilines is 3. The van der Waals surface area contributed by atoms with E-state index in [1.165, 1.54) is 30.3 Å². The third-order valence-electron chi connectivity index (χ3n) is 4.32. The Kier molecular flexibility index (Phi) is 7.81. The number of hydrogen-bond acceptors (Lipinski definition) is 11. The molecule has 186 valence electrons. The van der Waals surface area contributed by atoms with E-state index in [1.807, 2.05) is 0 Å². The van der Waals surface area contributed by atoms with Crippen molar-refractivity contribution in [3.05, 3.63) is 69.0 Å². The highest BCUT2D eigenvalue weighted by atomic mass is 35.5. The Labute approximate surface area is 204 Å². The first-order chi connectivity index (χ1) is 16.3. The van der Waals surface area contributed by atoms with E-state index in [2.05, 4.69) is 25.6 Å². The summed E-state index contributed by atoms with van der Waals surface area (Å²) in [4.78, 5) is 22.5. The SMILES string of the molecule is O=[N+]([O-])c1cc(Nc2nc(Cc3ccccc3S(=O)(=O)O)nc(NCCS(=O)(=O)O)n2)ccc1Cl. The lowest BCUT2D eigenvalue weighted by Crippen LogP contribution is -2.17. The van der Waals surface area contributed by atoms with E-state index >= 15 is 0 Å². The van der Waals surface area contributed by atoms with E-state index in [-0.39, 0.29) is 57.5 Å². The topological polar surface area (TPSA) is 215 Å². The van der Waals surface area contributed by atoms with Gasteiger partial charge in [-0.05, 0) is 23.8 Å². The maximum Gasteiger partial charge on any atom is 0.294 e. The lowest BCUT2D eigenvalue weighted by molar-refractivity contribution is -0.384. The summed E-state index contributed by atoms with van der Waals surface area (Å²) in [7, 11) is -8.81. The molecule has 0 saturated heterocycles. The van der Waals surface area contributed by atoms with Gasteiger partial charge in [-0.1, -0.05) is 29.8 Å². The van der Waals surface area contributed by atoms with Crippen LogP contribution in [0.15, 0.2) is 47.4 Å². The van der Waals surface area contributed by atoms with Crippen LogP contribution in [0.5, 0.6) is 0 Å². The number of aromatic nitrogens is 3. The minimum Gasteiger partial charge on any atom is -0.353 e.